The minimum absolute atomic E-state index is 0.0270. The first-order valence-corrected chi connectivity index (χ1v) is 9.96. The first kappa shape index (κ1) is 20.6. The Morgan fingerprint density at radius 1 is 1.10 bits per heavy atom. The zero-order valence-corrected chi connectivity index (χ0v) is 17.8. The summed E-state index contributed by atoms with van der Waals surface area (Å²) in [6.07, 6.45) is 4.21. The van der Waals surface area contributed by atoms with Crippen LogP contribution in [0.3, 0.4) is 0 Å². The Bertz CT molecular complexity index is 972. The number of phenolic OH excluding ortho intramolecular Hbond substituents is 1. The molecule has 0 amide bonds. The second-order valence-electron chi connectivity index (χ2n) is 7.72. The van der Waals surface area contributed by atoms with Gasteiger partial charge in [-0.1, -0.05) is 12.1 Å². The van der Waals surface area contributed by atoms with Crippen LogP contribution in [0.1, 0.15) is 38.8 Å². The fourth-order valence-corrected chi connectivity index (χ4v) is 3.99. The monoisotopic (exact) mass is 393 g/mol. The highest BCUT2D eigenvalue weighted by molar-refractivity contribution is 6.06. The number of carbonyl (C=O) groups is 1. The fraction of sp³-hybridized carbons (Fsp3) is 0.333. The molecule has 0 aromatic heterocycles. The lowest BCUT2D eigenvalue weighted by atomic mass is 9.80. The van der Waals surface area contributed by atoms with E-state index in [2.05, 4.69) is 80.6 Å². The van der Waals surface area contributed by atoms with E-state index in [1.165, 1.54) is 5.69 Å². The van der Waals surface area contributed by atoms with E-state index < -0.39 is 5.41 Å². The van der Waals surface area contributed by atoms with Gasteiger partial charge in [-0.25, -0.2) is 0 Å². The Hall–Kier alpha value is -3.08. The molecule has 0 spiro atoms. The third-order valence-corrected chi connectivity index (χ3v) is 5.69. The molecule has 0 saturated carbocycles. The van der Waals surface area contributed by atoms with Crippen LogP contribution in [0.4, 0.5) is 11.4 Å². The summed E-state index contributed by atoms with van der Waals surface area (Å²) >= 11 is 0. The van der Waals surface area contributed by atoms with E-state index in [-0.39, 0.29) is 11.5 Å². The number of fused-ring (bicyclic) bond motifs is 1. The normalized spacial score (nSPS) is 14.9. The number of hydrogen-bond acceptors (Lipinski definition) is 4. The van der Waals surface area contributed by atoms with E-state index in [0.717, 1.165) is 35.6 Å². The first-order chi connectivity index (χ1) is 13.8. The van der Waals surface area contributed by atoms with Crippen LogP contribution in [-0.2, 0) is 10.2 Å². The van der Waals surface area contributed by atoms with Crippen molar-refractivity contribution in [3.8, 4) is 11.5 Å². The van der Waals surface area contributed by atoms with Gasteiger partial charge in [-0.05, 0) is 57.5 Å². The Morgan fingerprint density at radius 3 is 2.38 bits per heavy atom. The lowest BCUT2D eigenvalue weighted by Gasteiger charge is -2.18. The molecule has 0 unspecified atom stereocenters. The quantitative estimate of drug-likeness (QED) is 0.556. The van der Waals surface area contributed by atoms with Crippen LogP contribution >= 0.6 is 0 Å². The number of benzene rings is 2. The van der Waals surface area contributed by atoms with Gasteiger partial charge in [-0.2, -0.15) is 4.58 Å². The van der Waals surface area contributed by atoms with Crippen LogP contribution in [-0.4, -0.2) is 42.0 Å². The molecule has 152 valence electrons. The molecule has 1 heterocycles. The van der Waals surface area contributed by atoms with Crippen LogP contribution in [0.5, 0.6) is 11.5 Å². The largest absolute Gasteiger partial charge is 0.504 e. The SMILES string of the molecule is CCN(C)c1ccc(/C=C/C2=[N+](CC)c3ccc(O)c(OC=O)c3C2(C)C)cc1. The lowest BCUT2D eigenvalue weighted by molar-refractivity contribution is -0.433. The molecule has 1 aliphatic heterocycles. The van der Waals surface area contributed by atoms with Gasteiger partial charge in [0, 0.05) is 31.4 Å². The predicted octanol–water partition coefficient (Wildman–Crippen LogP) is 4.49. The summed E-state index contributed by atoms with van der Waals surface area (Å²) in [5, 5.41) is 10.2. The first-order valence-electron chi connectivity index (χ1n) is 9.96. The van der Waals surface area contributed by atoms with Gasteiger partial charge in [-0.3, -0.25) is 4.79 Å². The highest BCUT2D eigenvalue weighted by atomic mass is 16.5. The van der Waals surface area contributed by atoms with E-state index in [1.54, 1.807) is 6.07 Å². The number of anilines is 1. The molecule has 2 aromatic carbocycles. The summed E-state index contributed by atoms with van der Waals surface area (Å²) in [6, 6.07) is 11.9. The Balaban J connectivity index is 2.01. The smallest absolute Gasteiger partial charge is 0.298 e. The van der Waals surface area contributed by atoms with Crippen LogP contribution in [0, 0.1) is 0 Å². The van der Waals surface area contributed by atoms with Crippen molar-refractivity contribution in [3.05, 3.63) is 53.6 Å². The topological polar surface area (TPSA) is 52.8 Å². The van der Waals surface area contributed by atoms with Crippen molar-refractivity contribution >= 4 is 29.6 Å². The Kier molecular flexibility index (Phi) is 5.78. The minimum Gasteiger partial charge on any atom is -0.504 e. The van der Waals surface area contributed by atoms with E-state index in [9.17, 15) is 9.90 Å². The highest BCUT2D eigenvalue weighted by Gasteiger charge is 2.47. The molecular weight excluding hydrogens is 364 g/mol. The lowest BCUT2D eigenvalue weighted by Crippen LogP contribution is -2.28. The maximum Gasteiger partial charge on any atom is 0.298 e. The van der Waals surface area contributed by atoms with Crippen LogP contribution in [0.15, 0.2) is 42.5 Å². The molecule has 0 saturated heterocycles. The zero-order chi connectivity index (χ0) is 21.2. The summed E-state index contributed by atoms with van der Waals surface area (Å²) in [7, 11) is 2.08. The molecule has 0 aliphatic carbocycles. The Morgan fingerprint density at radius 2 is 1.79 bits per heavy atom. The summed E-state index contributed by atoms with van der Waals surface area (Å²) in [5.74, 6) is 0.206. The van der Waals surface area contributed by atoms with E-state index in [0.29, 0.717) is 6.47 Å². The second-order valence-corrected chi connectivity index (χ2v) is 7.72. The van der Waals surface area contributed by atoms with Gasteiger partial charge in [0.1, 0.15) is 6.54 Å². The van der Waals surface area contributed by atoms with Crippen LogP contribution < -0.4 is 9.64 Å². The third-order valence-electron chi connectivity index (χ3n) is 5.69. The van der Waals surface area contributed by atoms with Gasteiger partial charge < -0.3 is 14.7 Å². The molecule has 29 heavy (non-hydrogen) atoms. The van der Waals surface area contributed by atoms with Gasteiger partial charge in [-0.15, -0.1) is 0 Å². The second kappa shape index (κ2) is 8.11. The van der Waals surface area contributed by atoms with Gasteiger partial charge in [0.05, 0.1) is 11.0 Å². The Labute approximate surface area is 172 Å². The van der Waals surface area contributed by atoms with Gasteiger partial charge in [0.15, 0.2) is 17.2 Å². The molecule has 0 bridgehead atoms. The molecule has 1 aliphatic rings. The minimum atomic E-state index is -0.429. The van der Waals surface area contributed by atoms with Crippen LogP contribution in [0.25, 0.3) is 6.08 Å². The molecule has 1 N–H and O–H groups in total. The molecular formula is C24H29N2O3+. The number of carbonyl (C=O) groups excluding carboxylic acids is 1. The molecule has 0 radical (unpaired) electrons. The van der Waals surface area contributed by atoms with Crippen molar-refractivity contribution in [2.75, 3.05) is 25.0 Å². The number of hydrogen-bond donors (Lipinski definition) is 1. The number of allylic oxidation sites excluding steroid dienone is 1. The van der Waals surface area contributed by atoms with E-state index in [1.807, 2.05) is 6.07 Å². The highest BCUT2D eigenvalue weighted by Crippen LogP contribution is 2.48. The molecule has 3 rings (SSSR count). The summed E-state index contributed by atoms with van der Waals surface area (Å²) in [5.41, 5.74) is 4.73. The van der Waals surface area contributed by atoms with Gasteiger partial charge in [0.2, 0.25) is 5.69 Å². The summed E-state index contributed by atoms with van der Waals surface area (Å²) in [4.78, 5) is 13.2. The van der Waals surface area contributed by atoms with Crippen LogP contribution in [0.2, 0.25) is 0 Å². The maximum atomic E-state index is 11.0. The van der Waals surface area contributed by atoms with Crippen molar-refractivity contribution in [1.29, 1.82) is 0 Å². The zero-order valence-electron chi connectivity index (χ0n) is 17.8. The van der Waals surface area contributed by atoms with Crippen molar-refractivity contribution in [1.82, 2.24) is 0 Å². The van der Waals surface area contributed by atoms with Crippen molar-refractivity contribution < 1.29 is 19.2 Å². The number of aromatic hydroxyl groups is 1. The molecule has 2 aromatic rings. The van der Waals surface area contributed by atoms with Gasteiger partial charge in [0.25, 0.3) is 6.47 Å². The average molecular weight is 394 g/mol. The molecule has 5 heteroatoms. The molecule has 5 nitrogen and oxygen atoms in total. The average Bonchev–Trinajstić information content (AvgIpc) is 2.94. The third kappa shape index (κ3) is 3.65. The molecule has 0 fully saturated rings. The van der Waals surface area contributed by atoms with Crippen molar-refractivity contribution in [3.63, 3.8) is 0 Å². The summed E-state index contributed by atoms with van der Waals surface area (Å²) in [6.45, 7) is 10.5. The number of rotatable bonds is 7. The summed E-state index contributed by atoms with van der Waals surface area (Å²) < 4.78 is 7.36. The predicted molar refractivity (Wildman–Crippen MR) is 118 cm³/mol. The maximum absolute atomic E-state index is 11.0. The van der Waals surface area contributed by atoms with E-state index >= 15 is 0 Å². The van der Waals surface area contributed by atoms with Crippen molar-refractivity contribution in [2.24, 2.45) is 0 Å². The fourth-order valence-electron chi connectivity index (χ4n) is 3.99. The van der Waals surface area contributed by atoms with E-state index in [4.69, 9.17) is 4.74 Å². The molecule has 0 atom stereocenters. The number of ether oxygens (including phenoxy) is 1. The number of nitrogens with zero attached hydrogens (tertiary/aromatic N) is 2. The van der Waals surface area contributed by atoms with Gasteiger partial charge >= 0.3 is 0 Å². The standard InChI is InChI=1S/C24H28N2O3/c1-6-25(5)18-11-8-17(9-12-18)10-15-21-24(3,4)22-19(26(21)7-2)13-14-20(28)23(22)29-16-27/h8-16H,6-7H2,1-5H3/p+1. The number of phenols is 1. The van der Waals surface area contributed by atoms with Crippen molar-refractivity contribution in [2.45, 2.75) is 33.1 Å².